The van der Waals surface area contributed by atoms with Crippen molar-refractivity contribution >= 4 is 8.32 Å². The summed E-state index contributed by atoms with van der Waals surface area (Å²) in [5, 5.41) is 18.5. The second-order valence-corrected chi connectivity index (χ2v) is 9.34. The standard InChI is InChI=1S/C12H17NO2Si/c1-12(9-13,15-16(2,3)4)10-5-7-11(14)8-6-10/h5-8,14H,1-4H3. The van der Waals surface area contributed by atoms with Crippen LogP contribution in [0.3, 0.4) is 0 Å². The number of nitrogens with zero attached hydrogens (tertiary/aromatic N) is 1. The molecule has 0 aliphatic heterocycles. The van der Waals surface area contributed by atoms with E-state index >= 15 is 0 Å². The Morgan fingerprint density at radius 2 is 1.75 bits per heavy atom. The third-order valence-corrected chi connectivity index (χ3v) is 3.16. The molecule has 86 valence electrons. The normalized spacial score (nSPS) is 15.2. The summed E-state index contributed by atoms with van der Waals surface area (Å²) < 4.78 is 5.90. The van der Waals surface area contributed by atoms with Crippen LogP contribution in [0.2, 0.25) is 19.6 Å². The van der Waals surface area contributed by atoms with Gasteiger partial charge in [0.1, 0.15) is 11.8 Å². The van der Waals surface area contributed by atoms with Gasteiger partial charge in [-0.1, -0.05) is 12.1 Å². The van der Waals surface area contributed by atoms with Gasteiger partial charge < -0.3 is 9.53 Å². The van der Waals surface area contributed by atoms with E-state index in [0.29, 0.717) is 0 Å². The number of phenols is 1. The van der Waals surface area contributed by atoms with Gasteiger partial charge >= 0.3 is 0 Å². The van der Waals surface area contributed by atoms with E-state index in [0.717, 1.165) is 5.56 Å². The summed E-state index contributed by atoms with van der Waals surface area (Å²) in [4.78, 5) is 0. The average Bonchev–Trinajstić information content (AvgIpc) is 2.16. The van der Waals surface area contributed by atoms with Gasteiger partial charge in [0.15, 0.2) is 13.9 Å². The lowest BCUT2D eigenvalue weighted by Crippen LogP contribution is -2.37. The van der Waals surface area contributed by atoms with Crippen molar-refractivity contribution < 1.29 is 9.53 Å². The highest BCUT2D eigenvalue weighted by atomic mass is 28.4. The molecule has 0 bridgehead atoms. The third-order valence-electron chi connectivity index (χ3n) is 2.14. The van der Waals surface area contributed by atoms with Crippen molar-refractivity contribution in [3.8, 4) is 11.8 Å². The summed E-state index contributed by atoms with van der Waals surface area (Å²) in [6.45, 7) is 7.90. The first-order chi connectivity index (χ1) is 7.27. The Morgan fingerprint density at radius 3 is 2.12 bits per heavy atom. The maximum atomic E-state index is 9.26. The third kappa shape index (κ3) is 3.09. The second kappa shape index (κ2) is 4.28. The Labute approximate surface area is 97.4 Å². The van der Waals surface area contributed by atoms with E-state index in [1.165, 1.54) is 0 Å². The SMILES string of the molecule is CC(C#N)(O[Si](C)(C)C)c1ccc(O)cc1. The van der Waals surface area contributed by atoms with Crippen molar-refractivity contribution in [3.05, 3.63) is 29.8 Å². The van der Waals surface area contributed by atoms with Crippen molar-refractivity contribution in [2.24, 2.45) is 0 Å². The fraction of sp³-hybridized carbons (Fsp3) is 0.417. The monoisotopic (exact) mass is 235 g/mol. The Balaban J connectivity index is 3.06. The van der Waals surface area contributed by atoms with Gasteiger partial charge in [-0.15, -0.1) is 0 Å². The van der Waals surface area contributed by atoms with Crippen molar-refractivity contribution in [2.75, 3.05) is 0 Å². The van der Waals surface area contributed by atoms with E-state index in [9.17, 15) is 10.4 Å². The summed E-state index contributed by atoms with van der Waals surface area (Å²) in [5.41, 5.74) is -0.159. The topological polar surface area (TPSA) is 53.2 Å². The van der Waals surface area contributed by atoms with Gasteiger partial charge in [-0.25, -0.2) is 0 Å². The highest BCUT2D eigenvalue weighted by Gasteiger charge is 2.33. The van der Waals surface area contributed by atoms with Crippen LogP contribution in [0.25, 0.3) is 0 Å². The van der Waals surface area contributed by atoms with Crippen molar-refractivity contribution in [1.82, 2.24) is 0 Å². The molecule has 3 nitrogen and oxygen atoms in total. The van der Waals surface area contributed by atoms with E-state index < -0.39 is 13.9 Å². The molecule has 0 aromatic heterocycles. The van der Waals surface area contributed by atoms with Crippen LogP contribution >= 0.6 is 0 Å². The van der Waals surface area contributed by atoms with Crippen LogP contribution in [0.15, 0.2) is 24.3 Å². The average molecular weight is 235 g/mol. The predicted molar refractivity (Wildman–Crippen MR) is 65.5 cm³/mol. The summed E-state index contributed by atoms with van der Waals surface area (Å²) in [6, 6.07) is 8.78. The van der Waals surface area contributed by atoms with Crippen molar-refractivity contribution in [1.29, 1.82) is 5.26 Å². The highest BCUT2D eigenvalue weighted by molar-refractivity contribution is 6.69. The fourth-order valence-corrected chi connectivity index (χ4v) is 2.93. The lowest BCUT2D eigenvalue weighted by atomic mass is 9.98. The zero-order valence-corrected chi connectivity index (χ0v) is 11.1. The first-order valence-corrected chi connectivity index (χ1v) is 8.59. The van der Waals surface area contributed by atoms with E-state index in [1.807, 2.05) is 19.6 Å². The van der Waals surface area contributed by atoms with E-state index in [1.54, 1.807) is 31.2 Å². The van der Waals surface area contributed by atoms with Gasteiger partial charge in [-0.05, 0) is 44.3 Å². The van der Waals surface area contributed by atoms with Crippen LogP contribution in [-0.4, -0.2) is 13.4 Å². The molecular formula is C12H17NO2Si. The maximum Gasteiger partial charge on any atom is 0.186 e. The Hall–Kier alpha value is -1.31. The predicted octanol–water partition coefficient (Wildman–Crippen LogP) is 2.98. The summed E-state index contributed by atoms with van der Waals surface area (Å²) in [6.07, 6.45) is 0. The first kappa shape index (κ1) is 12.8. The molecule has 16 heavy (non-hydrogen) atoms. The van der Waals surface area contributed by atoms with Crippen molar-refractivity contribution in [2.45, 2.75) is 32.2 Å². The first-order valence-electron chi connectivity index (χ1n) is 5.18. The Morgan fingerprint density at radius 1 is 1.25 bits per heavy atom. The molecule has 1 aromatic rings. The van der Waals surface area contributed by atoms with Gasteiger partial charge in [-0.2, -0.15) is 5.26 Å². The molecular weight excluding hydrogens is 218 g/mol. The molecule has 1 N–H and O–H groups in total. The van der Waals surface area contributed by atoms with Crippen LogP contribution in [0, 0.1) is 11.3 Å². The quantitative estimate of drug-likeness (QED) is 0.819. The molecule has 1 unspecified atom stereocenters. The zero-order chi connectivity index (χ0) is 12.4. The number of hydrogen-bond donors (Lipinski definition) is 1. The van der Waals surface area contributed by atoms with Crippen LogP contribution in [0.5, 0.6) is 5.75 Å². The van der Waals surface area contributed by atoms with Gasteiger partial charge in [0.05, 0.1) is 0 Å². The van der Waals surface area contributed by atoms with Crippen LogP contribution < -0.4 is 0 Å². The smallest absolute Gasteiger partial charge is 0.186 e. The zero-order valence-electron chi connectivity index (χ0n) is 10.1. The molecule has 0 saturated carbocycles. The lowest BCUT2D eigenvalue weighted by Gasteiger charge is -2.30. The largest absolute Gasteiger partial charge is 0.508 e. The number of rotatable bonds is 3. The molecule has 0 spiro atoms. The minimum absolute atomic E-state index is 0.192. The molecule has 0 radical (unpaired) electrons. The molecule has 0 saturated heterocycles. The maximum absolute atomic E-state index is 9.26. The number of aromatic hydroxyl groups is 1. The van der Waals surface area contributed by atoms with Crippen LogP contribution in [0.4, 0.5) is 0 Å². The van der Waals surface area contributed by atoms with E-state index in [4.69, 9.17) is 4.43 Å². The molecule has 0 aliphatic rings. The van der Waals surface area contributed by atoms with Crippen LogP contribution in [0.1, 0.15) is 12.5 Å². The second-order valence-electron chi connectivity index (χ2n) is 4.91. The van der Waals surface area contributed by atoms with Gasteiger partial charge in [0.25, 0.3) is 0 Å². The molecule has 0 amide bonds. The molecule has 4 heteroatoms. The fourth-order valence-electron chi connectivity index (χ4n) is 1.54. The summed E-state index contributed by atoms with van der Waals surface area (Å²) in [7, 11) is -1.79. The van der Waals surface area contributed by atoms with Crippen LogP contribution in [-0.2, 0) is 10.0 Å². The van der Waals surface area contributed by atoms with Crippen molar-refractivity contribution in [3.63, 3.8) is 0 Å². The minimum atomic E-state index is -1.79. The molecule has 0 fully saturated rings. The molecule has 1 aromatic carbocycles. The van der Waals surface area contributed by atoms with Gasteiger partial charge in [-0.3, -0.25) is 0 Å². The molecule has 1 rings (SSSR count). The Kier molecular flexibility index (Phi) is 3.41. The number of benzene rings is 1. The Bertz CT molecular complexity index is 403. The molecule has 1 atom stereocenters. The number of hydrogen-bond acceptors (Lipinski definition) is 3. The highest BCUT2D eigenvalue weighted by Crippen LogP contribution is 2.29. The number of nitriles is 1. The van der Waals surface area contributed by atoms with E-state index in [2.05, 4.69) is 6.07 Å². The van der Waals surface area contributed by atoms with E-state index in [-0.39, 0.29) is 5.75 Å². The number of phenolic OH excluding ortho intramolecular Hbond substituents is 1. The lowest BCUT2D eigenvalue weighted by molar-refractivity contribution is 0.141. The van der Waals surface area contributed by atoms with Gasteiger partial charge in [0, 0.05) is 0 Å². The summed E-state index contributed by atoms with van der Waals surface area (Å²) in [5.74, 6) is 0.192. The molecule has 0 heterocycles. The van der Waals surface area contributed by atoms with Gasteiger partial charge in [0.2, 0.25) is 0 Å². The minimum Gasteiger partial charge on any atom is -0.508 e. The molecule has 0 aliphatic carbocycles. The summed E-state index contributed by atoms with van der Waals surface area (Å²) >= 11 is 0.